The highest BCUT2D eigenvalue weighted by Crippen LogP contribution is 2.26. The van der Waals surface area contributed by atoms with Gasteiger partial charge in [0.25, 0.3) is 0 Å². The van der Waals surface area contributed by atoms with Crippen LogP contribution in [0.1, 0.15) is 53.9 Å². The second kappa shape index (κ2) is 6.24. The predicted molar refractivity (Wildman–Crippen MR) is 87.2 cm³/mol. The van der Waals surface area contributed by atoms with Gasteiger partial charge in [-0.2, -0.15) is 5.26 Å². The van der Waals surface area contributed by atoms with Crippen LogP contribution in [0.3, 0.4) is 0 Å². The molecule has 0 aromatic carbocycles. The van der Waals surface area contributed by atoms with E-state index in [1.54, 1.807) is 0 Å². The van der Waals surface area contributed by atoms with Crippen LogP contribution in [0.4, 0.5) is 0 Å². The van der Waals surface area contributed by atoms with E-state index < -0.39 is 0 Å². The van der Waals surface area contributed by atoms with Crippen molar-refractivity contribution in [2.45, 2.75) is 77.0 Å². The molecule has 0 aromatic rings. The molecular weight excluding hydrogens is 260 g/mol. The maximum absolute atomic E-state index is 9.52. The number of hydrogen-bond donors (Lipinski definition) is 1. The first-order valence-corrected chi connectivity index (χ1v) is 8.41. The fourth-order valence-electron chi connectivity index (χ4n) is 3.37. The molecule has 2 rings (SSSR count). The molecule has 1 saturated heterocycles. The zero-order chi connectivity index (χ0) is 15.7. The summed E-state index contributed by atoms with van der Waals surface area (Å²) in [7, 11) is 0. The van der Waals surface area contributed by atoms with Gasteiger partial charge in [-0.1, -0.05) is 0 Å². The molecule has 0 radical (unpaired) electrons. The maximum Gasteiger partial charge on any atom is 0.105 e. The summed E-state index contributed by atoms with van der Waals surface area (Å²) in [5, 5.41) is 13.0. The van der Waals surface area contributed by atoms with Crippen LogP contribution >= 0.6 is 0 Å². The molecule has 1 aliphatic heterocycles. The van der Waals surface area contributed by atoms with Gasteiger partial charge >= 0.3 is 0 Å². The van der Waals surface area contributed by atoms with Gasteiger partial charge in [0.05, 0.1) is 6.07 Å². The first kappa shape index (κ1) is 16.7. The Morgan fingerprint density at radius 1 is 1.14 bits per heavy atom. The van der Waals surface area contributed by atoms with Crippen LogP contribution < -0.4 is 5.32 Å². The van der Waals surface area contributed by atoms with Crippen LogP contribution in [0.25, 0.3) is 0 Å². The molecule has 0 bridgehead atoms. The molecule has 2 atom stereocenters. The van der Waals surface area contributed by atoms with Gasteiger partial charge in [0.15, 0.2) is 0 Å². The minimum Gasteiger partial charge on any atom is -0.298 e. The average molecular weight is 292 g/mol. The number of nitrogens with one attached hydrogen (secondary N) is 1. The van der Waals surface area contributed by atoms with Crippen LogP contribution in [-0.2, 0) is 0 Å². The molecule has 1 heterocycles. The lowest BCUT2D eigenvalue weighted by atomic mass is 9.93. The molecule has 4 nitrogen and oxygen atoms in total. The van der Waals surface area contributed by atoms with E-state index in [9.17, 15) is 5.26 Å². The molecule has 0 aromatic heterocycles. The average Bonchev–Trinajstić information content (AvgIpc) is 3.21. The molecule has 1 aliphatic carbocycles. The standard InChI is InChI=1S/C17H32N4/c1-14(12-17(5,13-18)19-15-6-7-15)20-8-10-21(11-9-20)16(2,3)4/h14-15,19H,6-12H2,1-5H3. The summed E-state index contributed by atoms with van der Waals surface area (Å²) in [5.74, 6) is 0. The van der Waals surface area contributed by atoms with Crippen molar-refractivity contribution in [2.24, 2.45) is 0 Å². The molecular formula is C17H32N4. The fraction of sp³-hybridized carbons (Fsp3) is 0.941. The van der Waals surface area contributed by atoms with Crippen molar-refractivity contribution >= 4 is 0 Å². The summed E-state index contributed by atoms with van der Waals surface area (Å²) in [6.07, 6.45) is 3.38. The number of nitriles is 1. The second-order valence-corrected chi connectivity index (χ2v) is 8.11. The molecule has 1 N–H and O–H groups in total. The van der Waals surface area contributed by atoms with Crippen LogP contribution in [0.5, 0.6) is 0 Å². The summed E-state index contributed by atoms with van der Waals surface area (Å²) < 4.78 is 0. The third-order valence-electron chi connectivity index (χ3n) is 4.94. The second-order valence-electron chi connectivity index (χ2n) is 8.11. The normalized spacial score (nSPS) is 26.1. The number of rotatable bonds is 5. The van der Waals surface area contributed by atoms with Gasteiger partial charge in [0.2, 0.25) is 0 Å². The van der Waals surface area contributed by atoms with Crippen molar-refractivity contribution in [1.82, 2.24) is 15.1 Å². The molecule has 2 fully saturated rings. The zero-order valence-corrected chi connectivity index (χ0v) is 14.4. The quantitative estimate of drug-likeness (QED) is 0.843. The molecule has 4 heteroatoms. The Morgan fingerprint density at radius 2 is 1.71 bits per heavy atom. The smallest absolute Gasteiger partial charge is 0.105 e. The van der Waals surface area contributed by atoms with Gasteiger partial charge in [0.1, 0.15) is 5.54 Å². The summed E-state index contributed by atoms with van der Waals surface area (Å²) >= 11 is 0. The predicted octanol–water partition coefficient (Wildman–Crippen LogP) is 2.22. The van der Waals surface area contributed by atoms with Crippen molar-refractivity contribution in [3.8, 4) is 6.07 Å². The number of hydrogen-bond acceptors (Lipinski definition) is 4. The Labute approximate surface area is 130 Å². The Balaban J connectivity index is 1.84. The van der Waals surface area contributed by atoms with E-state index in [0.717, 1.165) is 32.6 Å². The van der Waals surface area contributed by atoms with E-state index in [2.05, 4.69) is 55.8 Å². The van der Waals surface area contributed by atoms with Crippen LogP contribution in [0.15, 0.2) is 0 Å². The Morgan fingerprint density at radius 3 is 2.14 bits per heavy atom. The van der Waals surface area contributed by atoms with Crippen molar-refractivity contribution in [3.63, 3.8) is 0 Å². The first-order valence-electron chi connectivity index (χ1n) is 8.41. The maximum atomic E-state index is 9.52. The fourth-order valence-corrected chi connectivity index (χ4v) is 3.37. The van der Waals surface area contributed by atoms with Crippen LogP contribution in [0, 0.1) is 11.3 Å². The lowest BCUT2D eigenvalue weighted by Crippen LogP contribution is -2.56. The summed E-state index contributed by atoms with van der Waals surface area (Å²) in [6, 6.07) is 3.55. The lowest BCUT2D eigenvalue weighted by Gasteiger charge is -2.45. The molecule has 2 aliphatic rings. The number of nitrogens with zero attached hydrogens (tertiary/aromatic N) is 3. The third kappa shape index (κ3) is 4.67. The van der Waals surface area contributed by atoms with Crippen molar-refractivity contribution in [1.29, 1.82) is 5.26 Å². The van der Waals surface area contributed by atoms with Gasteiger partial charge in [-0.15, -0.1) is 0 Å². The highest BCUT2D eigenvalue weighted by atomic mass is 15.3. The molecule has 2 unspecified atom stereocenters. The van der Waals surface area contributed by atoms with E-state index in [1.807, 2.05) is 0 Å². The van der Waals surface area contributed by atoms with Gasteiger partial charge < -0.3 is 0 Å². The van der Waals surface area contributed by atoms with E-state index >= 15 is 0 Å². The van der Waals surface area contributed by atoms with Gasteiger partial charge in [-0.3, -0.25) is 15.1 Å². The van der Waals surface area contributed by atoms with Crippen molar-refractivity contribution in [3.05, 3.63) is 0 Å². The van der Waals surface area contributed by atoms with Crippen molar-refractivity contribution < 1.29 is 0 Å². The Kier molecular flexibility index (Phi) is 4.97. The lowest BCUT2D eigenvalue weighted by molar-refractivity contribution is 0.0399. The SMILES string of the molecule is CC(CC(C)(C#N)NC1CC1)N1CCN(C(C)(C)C)CC1. The minimum atomic E-state index is -0.373. The van der Waals surface area contributed by atoms with E-state index in [-0.39, 0.29) is 11.1 Å². The zero-order valence-electron chi connectivity index (χ0n) is 14.4. The van der Waals surface area contributed by atoms with E-state index in [4.69, 9.17) is 0 Å². The molecule has 21 heavy (non-hydrogen) atoms. The topological polar surface area (TPSA) is 42.3 Å². The molecule has 0 spiro atoms. The summed E-state index contributed by atoms with van der Waals surface area (Å²) in [4.78, 5) is 5.11. The molecule has 0 amide bonds. The molecule has 1 saturated carbocycles. The van der Waals surface area contributed by atoms with Crippen LogP contribution in [-0.4, -0.2) is 59.1 Å². The van der Waals surface area contributed by atoms with Crippen molar-refractivity contribution in [2.75, 3.05) is 26.2 Å². The third-order valence-corrected chi connectivity index (χ3v) is 4.94. The molecule has 120 valence electrons. The summed E-state index contributed by atoms with van der Waals surface area (Å²) in [6.45, 7) is 15.7. The van der Waals surface area contributed by atoms with E-state index in [1.165, 1.54) is 12.8 Å². The largest absolute Gasteiger partial charge is 0.298 e. The highest BCUT2D eigenvalue weighted by Gasteiger charge is 2.36. The van der Waals surface area contributed by atoms with Gasteiger partial charge in [-0.25, -0.2) is 0 Å². The summed E-state index contributed by atoms with van der Waals surface area (Å²) in [5.41, 5.74) is -0.105. The van der Waals surface area contributed by atoms with Crippen LogP contribution in [0.2, 0.25) is 0 Å². The monoisotopic (exact) mass is 292 g/mol. The minimum absolute atomic E-state index is 0.268. The van der Waals surface area contributed by atoms with E-state index in [0.29, 0.717) is 12.1 Å². The Hall–Kier alpha value is -0.630. The Bertz CT molecular complexity index is 383. The highest BCUT2D eigenvalue weighted by molar-refractivity contribution is 5.08. The number of piperazine rings is 1. The first-order chi connectivity index (χ1) is 9.73. The van der Waals surface area contributed by atoms with Gasteiger partial charge in [0, 0.05) is 43.8 Å². The van der Waals surface area contributed by atoms with Gasteiger partial charge in [-0.05, 0) is 53.9 Å².